The maximum absolute atomic E-state index is 12.9. The molecule has 1 amide bonds. The van der Waals surface area contributed by atoms with E-state index in [9.17, 15) is 4.79 Å². The predicted molar refractivity (Wildman–Crippen MR) is 114 cm³/mol. The van der Waals surface area contributed by atoms with Crippen molar-refractivity contribution in [2.24, 2.45) is 0 Å². The molecule has 0 aliphatic heterocycles. The average molecular weight is 380 g/mol. The van der Waals surface area contributed by atoms with Gasteiger partial charge in [0, 0.05) is 16.8 Å². The predicted octanol–water partition coefficient (Wildman–Crippen LogP) is 5.35. The molecule has 4 nitrogen and oxygen atoms in total. The minimum atomic E-state index is -0.149. The number of para-hydroxylation sites is 1. The zero-order valence-corrected chi connectivity index (χ0v) is 16.5. The smallest absolute Gasteiger partial charge is 0.267 e. The normalized spacial score (nSPS) is 14.4. The Morgan fingerprint density at radius 3 is 2.78 bits per heavy atom. The quantitative estimate of drug-likeness (QED) is 0.644. The summed E-state index contributed by atoms with van der Waals surface area (Å²) in [6, 6.07) is 10.1. The molecule has 2 heterocycles. The van der Waals surface area contributed by atoms with E-state index in [2.05, 4.69) is 18.3 Å². The molecule has 5 heteroatoms. The Labute approximate surface area is 163 Å². The van der Waals surface area contributed by atoms with Gasteiger partial charge in [0.05, 0.1) is 5.69 Å². The molecule has 1 aliphatic carbocycles. The summed E-state index contributed by atoms with van der Waals surface area (Å²) in [6.07, 6.45) is 7.89. The molecule has 4 rings (SSSR count). The monoisotopic (exact) mass is 379 g/mol. The van der Waals surface area contributed by atoms with Gasteiger partial charge in [-0.15, -0.1) is 11.3 Å². The van der Waals surface area contributed by atoms with E-state index in [0.29, 0.717) is 10.6 Å². The maximum atomic E-state index is 12.9. The Hall–Kier alpha value is -2.40. The van der Waals surface area contributed by atoms with Crippen LogP contribution in [0.15, 0.2) is 30.3 Å². The topological polar surface area (TPSA) is 68.0 Å². The molecule has 0 spiro atoms. The van der Waals surface area contributed by atoms with Crippen LogP contribution in [0.5, 0.6) is 0 Å². The molecule has 1 aromatic carbocycles. The summed E-state index contributed by atoms with van der Waals surface area (Å²) in [4.78, 5) is 19.2. The van der Waals surface area contributed by atoms with E-state index in [1.54, 1.807) is 0 Å². The Bertz CT molecular complexity index is 993. The van der Waals surface area contributed by atoms with Crippen LogP contribution in [0.4, 0.5) is 11.4 Å². The first-order valence-electron chi connectivity index (χ1n) is 9.77. The number of nitrogens with zero attached hydrogens (tertiary/aromatic N) is 1. The van der Waals surface area contributed by atoms with Crippen LogP contribution in [-0.2, 0) is 19.3 Å². The number of aromatic nitrogens is 1. The van der Waals surface area contributed by atoms with Gasteiger partial charge in [-0.2, -0.15) is 0 Å². The van der Waals surface area contributed by atoms with Crippen LogP contribution in [0.2, 0.25) is 0 Å². The second-order valence-electron chi connectivity index (χ2n) is 7.17. The summed E-state index contributed by atoms with van der Waals surface area (Å²) >= 11 is 1.40. The number of carbonyl (C=O) groups excluding carboxylic acids is 1. The molecule has 0 atom stereocenters. The summed E-state index contributed by atoms with van der Waals surface area (Å²) in [7, 11) is 0. The average Bonchev–Trinajstić information content (AvgIpc) is 2.98. The van der Waals surface area contributed by atoms with E-state index in [1.807, 2.05) is 24.3 Å². The van der Waals surface area contributed by atoms with Gasteiger partial charge in [0.15, 0.2) is 0 Å². The van der Waals surface area contributed by atoms with Gasteiger partial charge in [0.2, 0.25) is 0 Å². The highest BCUT2D eigenvalue weighted by molar-refractivity contribution is 7.21. The first-order chi connectivity index (χ1) is 13.2. The zero-order valence-electron chi connectivity index (χ0n) is 15.7. The Balaban J connectivity index is 1.69. The highest BCUT2D eigenvalue weighted by Crippen LogP contribution is 2.35. The lowest BCUT2D eigenvalue weighted by atomic mass is 9.96. The second kappa shape index (κ2) is 7.69. The highest BCUT2D eigenvalue weighted by Gasteiger charge is 2.20. The van der Waals surface area contributed by atoms with Gasteiger partial charge in [0.1, 0.15) is 9.71 Å². The highest BCUT2D eigenvalue weighted by atomic mass is 32.1. The lowest BCUT2D eigenvalue weighted by Crippen LogP contribution is -2.13. The molecule has 140 valence electrons. The first-order valence-corrected chi connectivity index (χ1v) is 10.6. The van der Waals surface area contributed by atoms with Crippen molar-refractivity contribution < 1.29 is 4.79 Å². The van der Waals surface area contributed by atoms with Gasteiger partial charge >= 0.3 is 0 Å². The van der Waals surface area contributed by atoms with Crippen molar-refractivity contribution in [3.05, 3.63) is 52.0 Å². The van der Waals surface area contributed by atoms with Crippen LogP contribution in [0.1, 0.15) is 59.1 Å². The van der Waals surface area contributed by atoms with Gasteiger partial charge in [-0.25, -0.2) is 4.98 Å². The van der Waals surface area contributed by atoms with Gasteiger partial charge in [-0.1, -0.05) is 38.0 Å². The van der Waals surface area contributed by atoms with Crippen LogP contribution in [0, 0.1) is 0 Å². The third kappa shape index (κ3) is 3.56. The molecule has 0 saturated heterocycles. The number of hydrogen-bond donors (Lipinski definition) is 2. The van der Waals surface area contributed by atoms with Crippen molar-refractivity contribution in [1.29, 1.82) is 0 Å². The third-order valence-corrected chi connectivity index (χ3v) is 6.47. The number of hydrogen-bond acceptors (Lipinski definition) is 4. The maximum Gasteiger partial charge on any atom is 0.267 e. The zero-order chi connectivity index (χ0) is 18.8. The number of amides is 1. The fraction of sp³-hybridized carbons (Fsp3) is 0.364. The van der Waals surface area contributed by atoms with Crippen molar-refractivity contribution in [1.82, 2.24) is 4.98 Å². The Morgan fingerprint density at radius 2 is 1.96 bits per heavy atom. The summed E-state index contributed by atoms with van der Waals surface area (Å²) in [5.41, 5.74) is 11.4. The van der Waals surface area contributed by atoms with Crippen LogP contribution >= 0.6 is 11.3 Å². The van der Waals surface area contributed by atoms with E-state index in [1.165, 1.54) is 48.3 Å². The molecule has 3 N–H and O–H groups in total. The van der Waals surface area contributed by atoms with E-state index in [-0.39, 0.29) is 5.91 Å². The number of fused-ring (bicyclic) bond motifs is 2. The summed E-state index contributed by atoms with van der Waals surface area (Å²) in [5.74, 6) is -0.149. The van der Waals surface area contributed by atoms with E-state index < -0.39 is 0 Å². The van der Waals surface area contributed by atoms with E-state index in [4.69, 9.17) is 10.7 Å². The standard InChI is InChI=1S/C22H25N3OS/c1-2-14-9-7-8-12-17(14)24-21(26)20-19(23)16-13-15-10-5-3-4-6-11-18(15)25-22(16)27-20/h7-9,12-13H,2-6,10-11,23H2,1H3,(H,24,26). The molecule has 0 saturated carbocycles. The van der Waals surface area contributed by atoms with Crippen LogP contribution < -0.4 is 11.1 Å². The number of rotatable bonds is 3. The number of nitrogen functional groups attached to an aromatic ring is 1. The van der Waals surface area contributed by atoms with Crippen molar-refractivity contribution in [3.8, 4) is 0 Å². The molecule has 0 unspecified atom stereocenters. The SMILES string of the molecule is CCc1ccccc1NC(=O)c1sc2nc3c(cc2c1N)CCCCCC3. The third-order valence-electron chi connectivity index (χ3n) is 5.35. The fourth-order valence-corrected chi connectivity index (χ4v) is 4.80. The number of pyridine rings is 1. The molecule has 0 radical (unpaired) electrons. The van der Waals surface area contributed by atoms with Crippen LogP contribution in [0.25, 0.3) is 10.2 Å². The molecule has 2 aromatic heterocycles. The number of nitrogens with two attached hydrogens (primary N) is 1. The number of aryl methyl sites for hydroxylation is 3. The largest absolute Gasteiger partial charge is 0.397 e. The number of anilines is 2. The number of carbonyl (C=O) groups is 1. The van der Waals surface area contributed by atoms with Crippen molar-refractivity contribution in [2.45, 2.75) is 51.9 Å². The molecule has 0 bridgehead atoms. The summed E-state index contributed by atoms with van der Waals surface area (Å²) in [6.45, 7) is 2.08. The fourth-order valence-electron chi connectivity index (χ4n) is 3.81. The van der Waals surface area contributed by atoms with Crippen molar-refractivity contribution in [3.63, 3.8) is 0 Å². The van der Waals surface area contributed by atoms with Gasteiger partial charge in [-0.3, -0.25) is 4.79 Å². The second-order valence-corrected chi connectivity index (χ2v) is 8.17. The Kier molecular flexibility index (Phi) is 5.12. The van der Waals surface area contributed by atoms with Gasteiger partial charge in [0.25, 0.3) is 5.91 Å². The van der Waals surface area contributed by atoms with E-state index in [0.717, 1.165) is 40.7 Å². The minimum Gasteiger partial charge on any atom is -0.397 e. The van der Waals surface area contributed by atoms with E-state index >= 15 is 0 Å². The Morgan fingerprint density at radius 1 is 1.19 bits per heavy atom. The van der Waals surface area contributed by atoms with Crippen LogP contribution in [-0.4, -0.2) is 10.9 Å². The lowest BCUT2D eigenvalue weighted by molar-refractivity contribution is 0.103. The lowest BCUT2D eigenvalue weighted by Gasteiger charge is -2.12. The minimum absolute atomic E-state index is 0.149. The molecule has 3 aromatic rings. The number of thiophene rings is 1. The molecular weight excluding hydrogens is 354 g/mol. The van der Waals surface area contributed by atoms with Gasteiger partial charge < -0.3 is 11.1 Å². The van der Waals surface area contributed by atoms with Crippen molar-refractivity contribution >= 4 is 38.8 Å². The van der Waals surface area contributed by atoms with Crippen molar-refractivity contribution in [2.75, 3.05) is 11.1 Å². The molecule has 0 fully saturated rings. The number of nitrogens with one attached hydrogen (secondary N) is 1. The summed E-state index contributed by atoms with van der Waals surface area (Å²) < 4.78 is 0. The molecule has 1 aliphatic rings. The summed E-state index contributed by atoms with van der Waals surface area (Å²) in [5, 5.41) is 3.96. The van der Waals surface area contributed by atoms with Gasteiger partial charge in [-0.05, 0) is 55.4 Å². The number of benzene rings is 1. The first kappa shape index (κ1) is 18.0. The van der Waals surface area contributed by atoms with Crippen LogP contribution in [0.3, 0.4) is 0 Å². The molecular formula is C22H25N3OS. The molecule has 27 heavy (non-hydrogen) atoms.